The van der Waals surface area contributed by atoms with Gasteiger partial charge in [0.25, 0.3) is 5.91 Å². The molecule has 0 heterocycles. The minimum atomic E-state index is -0.312. The maximum atomic E-state index is 12.8. The fourth-order valence-corrected chi connectivity index (χ4v) is 3.22. The molecule has 0 radical (unpaired) electrons. The summed E-state index contributed by atoms with van der Waals surface area (Å²) in [7, 11) is 0. The molecule has 0 saturated carbocycles. The van der Waals surface area contributed by atoms with Crippen molar-refractivity contribution >= 4 is 5.91 Å². The summed E-state index contributed by atoms with van der Waals surface area (Å²) in [5.74, 6) is -0.423. The summed E-state index contributed by atoms with van der Waals surface area (Å²) in [5.41, 5.74) is 0.525. The molecule has 0 aliphatic rings. The number of amides is 1. The van der Waals surface area contributed by atoms with Gasteiger partial charge in [0.2, 0.25) is 0 Å². The molecule has 0 aromatic heterocycles. The third-order valence-electron chi connectivity index (χ3n) is 4.92. The predicted octanol–water partition coefficient (Wildman–Crippen LogP) is 7.04. The number of hydrogen-bond acceptors (Lipinski definition) is 1. The standard InChI is InChI=1S/C23H38FNO/c1-2-3-4-5-6-7-8-9-10-11-12-13-14-15-20-25-23(26)21-16-18-22(24)19-17-21/h16-19H,2-15,20H2,1H3,(H,25,26). The van der Waals surface area contributed by atoms with E-state index in [1.807, 2.05) is 0 Å². The topological polar surface area (TPSA) is 29.1 Å². The molecule has 0 bridgehead atoms. The van der Waals surface area contributed by atoms with Crippen LogP contribution in [-0.2, 0) is 0 Å². The number of rotatable bonds is 16. The summed E-state index contributed by atoms with van der Waals surface area (Å²) >= 11 is 0. The van der Waals surface area contributed by atoms with Crippen LogP contribution >= 0.6 is 0 Å². The van der Waals surface area contributed by atoms with Crippen molar-refractivity contribution in [2.75, 3.05) is 6.54 Å². The first-order valence-electron chi connectivity index (χ1n) is 10.8. The summed E-state index contributed by atoms with van der Waals surface area (Å²) in [5, 5.41) is 2.90. The lowest BCUT2D eigenvalue weighted by Crippen LogP contribution is -2.24. The molecule has 2 nitrogen and oxygen atoms in total. The van der Waals surface area contributed by atoms with Crippen molar-refractivity contribution in [1.29, 1.82) is 0 Å². The van der Waals surface area contributed by atoms with Crippen molar-refractivity contribution in [3.8, 4) is 0 Å². The SMILES string of the molecule is CCCCCCCCCCCCCCCCNC(=O)c1ccc(F)cc1. The molecule has 26 heavy (non-hydrogen) atoms. The highest BCUT2D eigenvalue weighted by Crippen LogP contribution is 2.12. The number of carbonyl (C=O) groups excluding carboxylic acids is 1. The Balaban J connectivity index is 1.82. The van der Waals surface area contributed by atoms with E-state index >= 15 is 0 Å². The smallest absolute Gasteiger partial charge is 0.251 e. The number of nitrogens with one attached hydrogen (secondary N) is 1. The van der Waals surface area contributed by atoms with E-state index in [1.54, 1.807) is 0 Å². The van der Waals surface area contributed by atoms with Crippen molar-refractivity contribution in [2.24, 2.45) is 0 Å². The number of hydrogen-bond donors (Lipinski definition) is 1. The monoisotopic (exact) mass is 363 g/mol. The maximum Gasteiger partial charge on any atom is 0.251 e. The van der Waals surface area contributed by atoms with E-state index in [1.165, 1.54) is 108 Å². The van der Waals surface area contributed by atoms with Gasteiger partial charge in [-0.25, -0.2) is 4.39 Å². The molecular formula is C23H38FNO. The van der Waals surface area contributed by atoms with E-state index in [9.17, 15) is 9.18 Å². The summed E-state index contributed by atoms with van der Waals surface area (Å²) < 4.78 is 12.8. The lowest BCUT2D eigenvalue weighted by molar-refractivity contribution is 0.0953. The quantitative estimate of drug-likeness (QED) is 0.314. The fraction of sp³-hybridized carbons (Fsp3) is 0.696. The van der Waals surface area contributed by atoms with Crippen LogP contribution in [0.1, 0.15) is 107 Å². The molecule has 1 aromatic rings. The van der Waals surface area contributed by atoms with Gasteiger partial charge in [-0.2, -0.15) is 0 Å². The molecule has 148 valence electrons. The number of benzene rings is 1. The molecular weight excluding hydrogens is 325 g/mol. The van der Waals surface area contributed by atoms with Crippen molar-refractivity contribution in [3.63, 3.8) is 0 Å². The van der Waals surface area contributed by atoms with Crippen LogP contribution in [0.15, 0.2) is 24.3 Å². The Morgan fingerprint density at radius 1 is 0.731 bits per heavy atom. The van der Waals surface area contributed by atoms with Gasteiger partial charge >= 0.3 is 0 Å². The highest BCUT2D eigenvalue weighted by atomic mass is 19.1. The Bertz CT molecular complexity index is 458. The Morgan fingerprint density at radius 3 is 1.62 bits per heavy atom. The zero-order valence-corrected chi connectivity index (χ0v) is 16.7. The molecule has 0 aliphatic heterocycles. The second-order valence-electron chi connectivity index (χ2n) is 7.36. The van der Waals surface area contributed by atoms with Crippen LogP contribution in [0.2, 0.25) is 0 Å². The predicted molar refractivity (Wildman–Crippen MR) is 109 cm³/mol. The van der Waals surface area contributed by atoms with Crippen molar-refractivity contribution in [3.05, 3.63) is 35.6 Å². The molecule has 0 unspecified atom stereocenters. The van der Waals surface area contributed by atoms with Crippen LogP contribution in [0, 0.1) is 5.82 Å². The molecule has 1 N–H and O–H groups in total. The van der Waals surface area contributed by atoms with Gasteiger partial charge < -0.3 is 5.32 Å². The van der Waals surface area contributed by atoms with Crippen molar-refractivity contribution in [2.45, 2.75) is 96.8 Å². The Kier molecular flexibility index (Phi) is 13.8. The van der Waals surface area contributed by atoms with E-state index < -0.39 is 0 Å². The van der Waals surface area contributed by atoms with Crippen LogP contribution in [0.3, 0.4) is 0 Å². The van der Waals surface area contributed by atoms with Crippen molar-refractivity contribution in [1.82, 2.24) is 5.32 Å². The van der Waals surface area contributed by atoms with E-state index in [2.05, 4.69) is 12.2 Å². The third kappa shape index (κ3) is 12.1. The van der Waals surface area contributed by atoms with Gasteiger partial charge in [-0.05, 0) is 30.7 Å². The second-order valence-corrected chi connectivity index (χ2v) is 7.36. The molecule has 0 aliphatic carbocycles. The van der Waals surface area contributed by atoms with Crippen LogP contribution in [0.4, 0.5) is 4.39 Å². The molecule has 0 saturated heterocycles. The first-order chi connectivity index (χ1) is 12.7. The van der Waals surface area contributed by atoms with Gasteiger partial charge in [-0.3, -0.25) is 4.79 Å². The second kappa shape index (κ2) is 15.8. The van der Waals surface area contributed by atoms with E-state index in [0.29, 0.717) is 12.1 Å². The van der Waals surface area contributed by atoms with E-state index in [4.69, 9.17) is 0 Å². The zero-order chi connectivity index (χ0) is 18.9. The highest BCUT2D eigenvalue weighted by Gasteiger charge is 2.04. The fourth-order valence-electron chi connectivity index (χ4n) is 3.22. The zero-order valence-electron chi connectivity index (χ0n) is 16.7. The average molecular weight is 364 g/mol. The van der Waals surface area contributed by atoms with Gasteiger partial charge in [-0.15, -0.1) is 0 Å². The van der Waals surface area contributed by atoms with Crippen LogP contribution in [-0.4, -0.2) is 12.5 Å². The van der Waals surface area contributed by atoms with Crippen molar-refractivity contribution < 1.29 is 9.18 Å². The highest BCUT2D eigenvalue weighted by molar-refractivity contribution is 5.94. The normalized spacial score (nSPS) is 10.8. The number of unbranched alkanes of at least 4 members (excludes halogenated alkanes) is 13. The first-order valence-corrected chi connectivity index (χ1v) is 10.8. The van der Waals surface area contributed by atoms with Gasteiger partial charge in [0.15, 0.2) is 0 Å². The molecule has 0 fully saturated rings. The summed E-state index contributed by atoms with van der Waals surface area (Å²) in [6.45, 7) is 2.97. The lowest BCUT2D eigenvalue weighted by Gasteiger charge is -2.06. The number of halogens is 1. The molecule has 0 spiro atoms. The third-order valence-corrected chi connectivity index (χ3v) is 4.92. The molecule has 0 atom stereocenters. The number of carbonyl (C=O) groups is 1. The molecule has 1 rings (SSSR count). The molecule has 1 aromatic carbocycles. The van der Waals surface area contributed by atoms with Gasteiger partial charge in [0.1, 0.15) is 5.82 Å². The van der Waals surface area contributed by atoms with E-state index in [-0.39, 0.29) is 11.7 Å². The summed E-state index contributed by atoms with van der Waals surface area (Å²) in [6.07, 6.45) is 18.7. The largest absolute Gasteiger partial charge is 0.352 e. The molecule has 1 amide bonds. The average Bonchev–Trinajstić information content (AvgIpc) is 2.65. The minimum absolute atomic E-state index is 0.111. The van der Waals surface area contributed by atoms with Gasteiger partial charge in [0, 0.05) is 12.1 Å². The maximum absolute atomic E-state index is 12.8. The van der Waals surface area contributed by atoms with Crippen LogP contribution in [0.5, 0.6) is 0 Å². The van der Waals surface area contributed by atoms with Gasteiger partial charge in [-0.1, -0.05) is 90.4 Å². The van der Waals surface area contributed by atoms with Crippen LogP contribution in [0.25, 0.3) is 0 Å². The van der Waals surface area contributed by atoms with E-state index in [0.717, 1.165) is 6.42 Å². The van der Waals surface area contributed by atoms with Crippen LogP contribution < -0.4 is 5.32 Å². The lowest BCUT2D eigenvalue weighted by atomic mass is 10.0. The Labute approximate surface area is 160 Å². The summed E-state index contributed by atoms with van der Waals surface area (Å²) in [4.78, 5) is 11.9. The van der Waals surface area contributed by atoms with Gasteiger partial charge in [0.05, 0.1) is 0 Å². The molecule has 3 heteroatoms. The Hall–Kier alpha value is -1.38. The first kappa shape index (κ1) is 22.7. The minimum Gasteiger partial charge on any atom is -0.352 e. The Morgan fingerprint density at radius 2 is 1.15 bits per heavy atom. The summed E-state index contributed by atoms with van der Waals surface area (Å²) in [6, 6.07) is 5.69.